The van der Waals surface area contributed by atoms with Gasteiger partial charge in [0.1, 0.15) is 0 Å². The molecule has 0 aliphatic carbocycles. The van der Waals surface area contributed by atoms with Gasteiger partial charge in [0.05, 0.1) is 5.69 Å². The van der Waals surface area contributed by atoms with Crippen LogP contribution in [0.4, 0.5) is 5.69 Å². The van der Waals surface area contributed by atoms with Gasteiger partial charge < -0.3 is 5.43 Å². The molecule has 0 spiro atoms. The van der Waals surface area contributed by atoms with Gasteiger partial charge in [0.2, 0.25) is 0 Å². The van der Waals surface area contributed by atoms with E-state index in [0.29, 0.717) is 18.8 Å². The largest absolute Gasteiger partial charge is 0.321 e. The van der Waals surface area contributed by atoms with Gasteiger partial charge in [-0.25, -0.2) is 13.4 Å². The Morgan fingerprint density at radius 2 is 2.20 bits per heavy atom. The van der Waals surface area contributed by atoms with Crippen LogP contribution in [0.5, 0.6) is 0 Å². The van der Waals surface area contributed by atoms with Crippen molar-refractivity contribution in [3.8, 4) is 0 Å². The summed E-state index contributed by atoms with van der Waals surface area (Å²) < 4.78 is 27.0. The van der Waals surface area contributed by atoms with E-state index in [4.69, 9.17) is 5.84 Å². The Labute approximate surface area is 124 Å². The first-order valence-corrected chi connectivity index (χ1v) is 8.85. The summed E-state index contributed by atoms with van der Waals surface area (Å²) >= 11 is 1.80. The van der Waals surface area contributed by atoms with Crippen LogP contribution in [0.25, 0.3) is 0 Å². The van der Waals surface area contributed by atoms with Gasteiger partial charge in [-0.2, -0.15) is 16.1 Å². The van der Waals surface area contributed by atoms with E-state index >= 15 is 0 Å². The van der Waals surface area contributed by atoms with Gasteiger partial charge in [0.15, 0.2) is 5.03 Å². The highest BCUT2D eigenvalue weighted by molar-refractivity contribution is 8.00. The number of nitrogen functional groups attached to an aromatic ring is 1. The van der Waals surface area contributed by atoms with E-state index in [2.05, 4.69) is 24.3 Å². The van der Waals surface area contributed by atoms with Crippen LogP contribution < -0.4 is 11.3 Å². The Balaban J connectivity index is 2.30. The predicted molar refractivity (Wildman–Crippen MR) is 82.0 cm³/mol. The van der Waals surface area contributed by atoms with Gasteiger partial charge in [-0.1, -0.05) is 13.8 Å². The summed E-state index contributed by atoms with van der Waals surface area (Å²) in [5, 5.41) is -0.00722. The van der Waals surface area contributed by atoms with E-state index in [-0.39, 0.29) is 9.77 Å². The second-order valence-corrected chi connectivity index (χ2v) is 8.92. The number of rotatable bonds is 3. The van der Waals surface area contributed by atoms with Crippen molar-refractivity contribution < 1.29 is 8.42 Å². The van der Waals surface area contributed by atoms with Gasteiger partial charge in [0, 0.05) is 29.8 Å². The van der Waals surface area contributed by atoms with E-state index in [1.54, 1.807) is 23.9 Å². The number of nitrogens with two attached hydrogens (primary N) is 1. The molecule has 2 rings (SSSR count). The minimum atomic E-state index is -3.61. The van der Waals surface area contributed by atoms with E-state index in [1.807, 2.05) is 0 Å². The van der Waals surface area contributed by atoms with E-state index in [1.165, 1.54) is 10.5 Å². The van der Waals surface area contributed by atoms with Gasteiger partial charge in [-0.15, -0.1) is 0 Å². The molecule has 1 fully saturated rings. The average Bonchev–Trinajstić information content (AvgIpc) is 2.60. The van der Waals surface area contributed by atoms with Gasteiger partial charge in [-0.3, -0.25) is 5.84 Å². The standard InChI is InChI=1S/C12H20N4O2S2/c1-12(2)5-7-16(8-9-19-12)20(17,18)11-10(15-13)4-3-6-14-11/h3-4,6,15H,5,7-9,13H2,1-2H3. The molecule has 0 unspecified atom stereocenters. The lowest BCUT2D eigenvalue weighted by Gasteiger charge is -2.22. The van der Waals surface area contributed by atoms with Crippen molar-refractivity contribution in [3.63, 3.8) is 0 Å². The molecule has 0 saturated carbocycles. The number of hydrogen-bond donors (Lipinski definition) is 2. The number of aromatic nitrogens is 1. The van der Waals surface area contributed by atoms with Crippen molar-refractivity contribution in [1.82, 2.24) is 9.29 Å². The lowest BCUT2D eigenvalue weighted by Crippen LogP contribution is -2.34. The van der Waals surface area contributed by atoms with Crippen LogP contribution in [-0.2, 0) is 10.0 Å². The minimum Gasteiger partial charge on any atom is -0.321 e. The van der Waals surface area contributed by atoms with Crippen LogP contribution in [0, 0.1) is 0 Å². The molecule has 0 bridgehead atoms. The van der Waals surface area contributed by atoms with Crippen LogP contribution in [0.3, 0.4) is 0 Å². The molecule has 0 radical (unpaired) electrons. The molecule has 1 saturated heterocycles. The number of hydrazine groups is 1. The number of nitrogens with one attached hydrogen (secondary N) is 1. The van der Waals surface area contributed by atoms with Crippen molar-refractivity contribution in [2.75, 3.05) is 24.3 Å². The normalized spacial score (nSPS) is 20.4. The van der Waals surface area contributed by atoms with Crippen molar-refractivity contribution in [3.05, 3.63) is 18.3 Å². The highest BCUT2D eigenvalue weighted by atomic mass is 32.2. The zero-order valence-electron chi connectivity index (χ0n) is 11.7. The first-order valence-electron chi connectivity index (χ1n) is 6.42. The highest BCUT2D eigenvalue weighted by Gasteiger charge is 2.32. The van der Waals surface area contributed by atoms with Crippen LogP contribution >= 0.6 is 11.8 Å². The number of anilines is 1. The number of sulfonamides is 1. The third kappa shape index (κ3) is 3.25. The quantitative estimate of drug-likeness (QED) is 0.645. The summed E-state index contributed by atoms with van der Waals surface area (Å²) in [5.74, 6) is 6.16. The minimum absolute atomic E-state index is 0.00722. The molecular weight excluding hydrogens is 296 g/mol. The van der Waals surface area contributed by atoms with Gasteiger partial charge in [0.25, 0.3) is 10.0 Å². The fraction of sp³-hybridized carbons (Fsp3) is 0.583. The molecule has 1 aliphatic heterocycles. The second-order valence-electron chi connectivity index (χ2n) is 5.26. The zero-order valence-corrected chi connectivity index (χ0v) is 13.3. The van der Waals surface area contributed by atoms with E-state index < -0.39 is 10.0 Å². The molecule has 0 atom stereocenters. The van der Waals surface area contributed by atoms with Crippen molar-refractivity contribution >= 4 is 27.5 Å². The fourth-order valence-corrected chi connectivity index (χ4v) is 4.79. The maximum atomic E-state index is 12.7. The monoisotopic (exact) mass is 316 g/mol. The second kappa shape index (κ2) is 5.88. The van der Waals surface area contributed by atoms with Crippen molar-refractivity contribution in [2.45, 2.75) is 30.0 Å². The van der Waals surface area contributed by atoms with Crippen molar-refractivity contribution in [2.24, 2.45) is 5.84 Å². The Morgan fingerprint density at radius 3 is 2.90 bits per heavy atom. The van der Waals surface area contributed by atoms with Crippen LogP contribution in [0.2, 0.25) is 0 Å². The topological polar surface area (TPSA) is 88.3 Å². The third-order valence-electron chi connectivity index (χ3n) is 3.31. The Morgan fingerprint density at radius 1 is 1.45 bits per heavy atom. The van der Waals surface area contributed by atoms with E-state index in [9.17, 15) is 8.42 Å². The van der Waals surface area contributed by atoms with Gasteiger partial charge in [-0.05, 0) is 18.6 Å². The Hall–Kier alpha value is -0.830. The van der Waals surface area contributed by atoms with E-state index in [0.717, 1.165) is 12.2 Å². The summed E-state index contributed by atoms with van der Waals surface area (Å²) in [6.45, 7) is 5.28. The first kappa shape index (κ1) is 15.6. The average molecular weight is 316 g/mol. The molecule has 112 valence electrons. The molecule has 8 heteroatoms. The summed E-state index contributed by atoms with van der Waals surface area (Å²) in [6, 6.07) is 3.26. The third-order valence-corrected chi connectivity index (χ3v) is 6.54. The summed E-state index contributed by atoms with van der Waals surface area (Å²) in [5.41, 5.74) is 2.72. The number of hydrogen-bond acceptors (Lipinski definition) is 6. The van der Waals surface area contributed by atoms with Gasteiger partial charge >= 0.3 is 0 Å². The molecule has 0 aromatic carbocycles. The molecule has 6 nitrogen and oxygen atoms in total. The van der Waals surface area contributed by atoms with Crippen LogP contribution in [-0.4, -0.2) is 41.3 Å². The molecule has 3 N–H and O–H groups in total. The molecule has 1 aliphatic rings. The SMILES string of the molecule is CC1(C)CCN(S(=O)(=O)c2ncccc2NN)CCS1. The Bertz CT molecular complexity index is 575. The predicted octanol–water partition coefficient (Wildman–Crippen LogP) is 1.27. The molecule has 20 heavy (non-hydrogen) atoms. The first-order chi connectivity index (χ1) is 9.37. The van der Waals surface area contributed by atoms with Crippen LogP contribution in [0.15, 0.2) is 23.4 Å². The fourth-order valence-electron chi connectivity index (χ4n) is 2.07. The highest BCUT2D eigenvalue weighted by Crippen LogP contribution is 2.32. The summed E-state index contributed by atoms with van der Waals surface area (Å²) in [7, 11) is -3.61. The smallest absolute Gasteiger partial charge is 0.262 e. The number of thioether (sulfide) groups is 1. The summed E-state index contributed by atoms with van der Waals surface area (Å²) in [6.07, 6.45) is 2.28. The van der Waals surface area contributed by atoms with Crippen LogP contribution in [0.1, 0.15) is 20.3 Å². The molecule has 0 amide bonds. The maximum absolute atomic E-state index is 12.7. The number of nitrogens with zero attached hydrogens (tertiary/aromatic N) is 2. The van der Waals surface area contributed by atoms with Crippen molar-refractivity contribution in [1.29, 1.82) is 0 Å². The summed E-state index contributed by atoms with van der Waals surface area (Å²) in [4.78, 5) is 3.98. The molecule has 2 heterocycles. The Kier molecular flexibility index (Phi) is 4.58. The molecular formula is C12H20N4O2S2. The lowest BCUT2D eigenvalue weighted by molar-refractivity contribution is 0.413. The number of pyridine rings is 1. The zero-order chi connectivity index (χ0) is 14.8. The maximum Gasteiger partial charge on any atom is 0.262 e. The molecule has 1 aromatic heterocycles. The molecule has 1 aromatic rings. The lowest BCUT2D eigenvalue weighted by atomic mass is 10.1.